The molecular formula is C19H25FN2O4. The highest BCUT2D eigenvalue weighted by atomic mass is 19.1. The molecule has 0 aromatic heterocycles. The predicted octanol–water partition coefficient (Wildman–Crippen LogP) is 2.65. The van der Waals surface area contributed by atoms with Gasteiger partial charge in [-0.25, -0.2) is 4.39 Å². The first-order valence-corrected chi connectivity index (χ1v) is 8.91. The summed E-state index contributed by atoms with van der Waals surface area (Å²) in [5.74, 6) is -1.40. The van der Waals surface area contributed by atoms with Crippen LogP contribution >= 0.6 is 0 Å². The predicted molar refractivity (Wildman–Crippen MR) is 94.9 cm³/mol. The Balaban J connectivity index is 1.75. The molecule has 0 saturated carbocycles. The highest BCUT2D eigenvalue weighted by Crippen LogP contribution is 2.20. The quantitative estimate of drug-likeness (QED) is 0.788. The monoisotopic (exact) mass is 364 g/mol. The van der Waals surface area contributed by atoms with Crippen molar-refractivity contribution >= 4 is 23.5 Å². The molecular weight excluding hydrogens is 339 g/mol. The van der Waals surface area contributed by atoms with Crippen molar-refractivity contribution < 1.29 is 23.5 Å². The fourth-order valence-corrected chi connectivity index (χ4v) is 2.94. The molecule has 1 aliphatic rings. The van der Waals surface area contributed by atoms with E-state index in [1.807, 2.05) is 0 Å². The maximum Gasteiger partial charge on any atom is 0.309 e. The minimum Gasteiger partial charge on any atom is -0.466 e. The summed E-state index contributed by atoms with van der Waals surface area (Å²) in [4.78, 5) is 37.5. The second-order valence-electron chi connectivity index (χ2n) is 6.44. The number of anilines is 1. The van der Waals surface area contributed by atoms with E-state index in [4.69, 9.17) is 4.74 Å². The van der Waals surface area contributed by atoms with E-state index in [1.54, 1.807) is 24.8 Å². The molecule has 0 radical (unpaired) electrons. The number of benzene rings is 1. The molecule has 2 rings (SSSR count). The molecule has 0 aliphatic carbocycles. The van der Waals surface area contributed by atoms with E-state index in [9.17, 15) is 18.8 Å². The van der Waals surface area contributed by atoms with E-state index in [0.29, 0.717) is 32.5 Å². The van der Waals surface area contributed by atoms with Crippen molar-refractivity contribution in [3.8, 4) is 0 Å². The molecule has 1 aromatic rings. The summed E-state index contributed by atoms with van der Waals surface area (Å²) in [6.07, 6.45) is 1.20. The van der Waals surface area contributed by atoms with E-state index in [2.05, 4.69) is 5.32 Å². The van der Waals surface area contributed by atoms with Crippen LogP contribution in [0.5, 0.6) is 0 Å². The number of carbonyl (C=O) groups excluding carboxylic acids is 3. The van der Waals surface area contributed by atoms with Gasteiger partial charge in [-0.05, 0) is 44.4 Å². The summed E-state index contributed by atoms with van der Waals surface area (Å²) >= 11 is 0. The Kier molecular flexibility index (Phi) is 7.12. The van der Waals surface area contributed by atoms with Crippen molar-refractivity contribution in [3.63, 3.8) is 0 Å². The van der Waals surface area contributed by atoms with E-state index in [-0.39, 0.29) is 36.3 Å². The Morgan fingerprint density at radius 3 is 2.54 bits per heavy atom. The molecule has 2 amide bonds. The fraction of sp³-hybridized carbons (Fsp3) is 0.526. The number of nitrogens with zero attached hydrogens (tertiary/aromatic N) is 1. The van der Waals surface area contributed by atoms with Crippen LogP contribution in [0.25, 0.3) is 0 Å². The number of rotatable bonds is 6. The summed E-state index contributed by atoms with van der Waals surface area (Å²) in [6.45, 7) is 4.85. The molecule has 1 fully saturated rings. The number of nitrogens with one attached hydrogen (secondary N) is 1. The zero-order valence-electron chi connectivity index (χ0n) is 15.2. The second-order valence-corrected chi connectivity index (χ2v) is 6.44. The van der Waals surface area contributed by atoms with E-state index >= 15 is 0 Å². The van der Waals surface area contributed by atoms with Crippen LogP contribution in [0.2, 0.25) is 0 Å². The molecule has 1 N–H and O–H groups in total. The van der Waals surface area contributed by atoms with Gasteiger partial charge >= 0.3 is 5.97 Å². The lowest BCUT2D eigenvalue weighted by Gasteiger charge is -2.30. The topological polar surface area (TPSA) is 75.7 Å². The normalized spacial score (nSPS) is 14.8. The Bertz CT molecular complexity index is 670. The van der Waals surface area contributed by atoms with Crippen LogP contribution < -0.4 is 5.32 Å². The highest BCUT2D eigenvalue weighted by Gasteiger charge is 2.28. The number of ether oxygens (including phenoxy) is 1. The van der Waals surface area contributed by atoms with Crippen molar-refractivity contribution in [2.45, 2.75) is 39.5 Å². The van der Waals surface area contributed by atoms with Crippen molar-refractivity contribution in [1.29, 1.82) is 0 Å². The van der Waals surface area contributed by atoms with Crippen LogP contribution in [0, 0.1) is 18.7 Å². The van der Waals surface area contributed by atoms with E-state index in [1.165, 1.54) is 12.1 Å². The lowest BCUT2D eigenvalue weighted by Crippen LogP contribution is -2.40. The first-order chi connectivity index (χ1) is 12.4. The summed E-state index contributed by atoms with van der Waals surface area (Å²) in [5.41, 5.74) is 0.880. The van der Waals surface area contributed by atoms with Crippen LogP contribution in [-0.4, -0.2) is 42.4 Å². The number of halogens is 1. The lowest BCUT2D eigenvalue weighted by molar-refractivity contribution is -0.151. The zero-order valence-corrected chi connectivity index (χ0v) is 15.2. The van der Waals surface area contributed by atoms with Crippen LogP contribution in [-0.2, 0) is 19.1 Å². The molecule has 6 nitrogen and oxygen atoms in total. The van der Waals surface area contributed by atoms with Gasteiger partial charge in [-0.2, -0.15) is 0 Å². The summed E-state index contributed by atoms with van der Waals surface area (Å²) in [6, 6.07) is 4.55. The van der Waals surface area contributed by atoms with Gasteiger partial charge < -0.3 is 15.0 Å². The number of hydrogen-bond acceptors (Lipinski definition) is 4. The van der Waals surface area contributed by atoms with Gasteiger partial charge in [0.05, 0.1) is 18.2 Å². The molecule has 0 atom stereocenters. The van der Waals surface area contributed by atoms with Gasteiger partial charge in [0.15, 0.2) is 0 Å². The van der Waals surface area contributed by atoms with Crippen LogP contribution in [0.3, 0.4) is 0 Å². The number of carbonyl (C=O) groups is 3. The average molecular weight is 364 g/mol. The van der Waals surface area contributed by atoms with Crippen molar-refractivity contribution in [1.82, 2.24) is 4.90 Å². The third kappa shape index (κ3) is 5.54. The number of aryl methyl sites for hydroxylation is 1. The van der Waals surface area contributed by atoms with Gasteiger partial charge in [0.25, 0.3) is 0 Å². The molecule has 1 heterocycles. The molecule has 0 unspecified atom stereocenters. The molecule has 1 aromatic carbocycles. The largest absolute Gasteiger partial charge is 0.466 e. The molecule has 1 aliphatic heterocycles. The van der Waals surface area contributed by atoms with Crippen molar-refractivity contribution in [2.75, 3.05) is 25.0 Å². The second kappa shape index (κ2) is 9.31. The van der Waals surface area contributed by atoms with Gasteiger partial charge in [0.1, 0.15) is 5.82 Å². The Hall–Kier alpha value is -2.44. The minimum absolute atomic E-state index is 0.00997. The van der Waals surface area contributed by atoms with E-state index in [0.717, 1.165) is 5.56 Å². The van der Waals surface area contributed by atoms with Crippen molar-refractivity contribution in [3.05, 3.63) is 29.6 Å². The highest BCUT2D eigenvalue weighted by molar-refractivity contribution is 5.93. The maximum atomic E-state index is 13.7. The fourth-order valence-electron chi connectivity index (χ4n) is 2.94. The SMILES string of the molecule is CCOC(=O)C1CCN(C(=O)CCC(=O)Nc2ccc(C)cc2F)CC1. The van der Waals surface area contributed by atoms with Crippen molar-refractivity contribution in [2.24, 2.45) is 5.92 Å². The van der Waals surface area contributed by atoms with Crippen LogP contribution in [0.1, 0.15) is 38.2 Å². The smallest absolute Gasteiger partial charge is 0.309 e. The summed E-state index contributed by atoms with van der Waals surface area (Å²) < 4.78 is 18.7. The Morgan fingerprint density at radius 1 is 1.23 bits per heavy atom. The van der Waals surface area contributed by atoms with Gasteiger partial charge in [0, 0.05) is 25.9 Å². The molecule has 26 heavy (non-hydrogen) atoms. The molecule has 0 bridgehead atoms. The maximum absolute atomic E-state index is 13.7. The summed E-state index contributed by atoms with van der Waals surface area (Å²) in [5, 5.41) is 2.49. The number of amides is 2. The third-order valence-electron chi connectivity index (χ3n) is 4.43. The number of likely N-dealkylation sites (tertiary alicyclic amines) is 1. The van der Waals surface area contributed by atoms with Crippen LogP contribution in [0.4, 0.5) is 10.1 Å². The average Bonchev–Trinajstić information content (AvgIpc) is 2.62. The van der Waals surface area contributed by atoms with Gasteiger partial charge in [0.2, 0.25) is 11.8 Å². The first-order valence-electron chi connectivity index (χ1n) is 8.91. The van der Waals surface area contributed by atoms with Gasteiger partial charge in [-0.1, -0.05) is 6.07 Å². The standard InChI is InChI=1S/C19H25FN2O4/c1-3-26-19(25)14-8-10-22(11-9-14)18(24)7-6-17(23)21-16-5-4-13(2)12-15(16)20/h4-5,12,14H,3,6-11H2,1-2H3,(H,21,23). The Morgan fingerprint density at radius 2 is 1.92 bits per heavy atom. The van der Waals surface area contributed by atoms with Gasteiger partial charge in [-0.3, -0.25) is 14.4 Å². The Labute approximate surface area is 152 Å². The van der Waals surface area contributed by atoms with E-state index < -0.39 is 11.7 Å². The van der Waals surface area contributed by atoms with Gasteiger partial charge in [-0.15, -0.1) is 0 Å². The zero-order chi connectivity index (χ0) is 19.1. The number of esters is 1. The van der Waals surface area contributed by atoms with Crippen LogP contribution in [0.15, 0.2) is 18.2 Å². The minimum atomic E-state index is -0.495. The molecule has 7 heteroatoms. The molecule has 142 valence electrons. The molecule has 1 saturated heterocycles. The summed E-state index contributed by atoms with van der Waals surface area (Å²) in [7, 11) is 0. The lowest BCUT2D eigenvalue weighted by atomic mass is 9.96. The first kappa shape index (κ1) is 19.9. The third-order valence-corrected chi connectivity index (χ3v) is 4.43. The molecule has 0 spiro atoms. The number of hydrogen-bond donors (Lipinski definition) is 1. The number of piperidine rings is 1.